The van der Waals surface area contributed by atoms with Crippen molar-refractivity contribution in [1.29, 1.82) is 0 Å². The number of methoxy groups -OCH3 is 1. The van der Waals surface area contributed by atoms with Crippen LogP contribution in [0.1, 0.15) is 30.6 Å². The van der Waals surface area contributed by atoms with Crippen LogP contribution in [0.4, 0.5) is 0 Å². The fraction of sp³-hybridized carbons (Fsp3) is 0.357. The summed E-state index contributed by atoms with van der Waals surface area (Å²) in [6.45, 7) is 2.97. The fourth-order valence-electron chi connectivity index (χ4n) is 1.95. The summed E-state index contributed by atoms with van der Waals surface area (Å²) in [6.07, 6.45) is 2.81. The van der Waals surface area contributed by atoms with Gasteiger partial charge < -0.3 is 10.1 Å². The minimum atomic E-state index is 0.346. The third kappa shape index (κ3) is 3.11. The maximum Gasteiger partial charge on any atom is 0.118 e. The Morgan fingerprint density at radius 2 is 2.06 bits per heavy atom. The summed E-state index contributed by atoms with van der Waals surface area (Å²) in [7, 11) is 1.68. The quantitative estimate of drug-likeness (QED) is 0.822. The summed E-state index contributed by atoms with van der Waals surface area (Å²) in [5.74, 6) is 0.891. The first-order chi connectivity index (χ1) is 8.83. The van der Waals surface area contributed by atoms with E-state index in [1.165, 1.54) is 5.56 Å². The summed E-state index contributed by atoms with van der Waals surface area (Å²) in [5, 5.41) is 10.4. The number of hydrogen-bond acceptors (Lipinski definition) is 3. The molecule has 0 aliphatic carbocycles. The standard InChI is InChI=1S/C14H19N3O/c1-3-14(15-10-12-8-9-16-17-12)11-4-6-13(18-2)7-5-11/h4-9,14-15H,3,10H2,1-2H3,(H,16,17). The molecule has 1 aromatic carbocycles. The van der Waals surface area contributed by atoms with E-state index in [2.05, 4.69) is 34.6 Å². The van der Waals surface area contributed by atoms with Gasteiger partial charge in [0.15, 0.2) is 0 Å². The minimum Gasteiger partial charge on any atom is -0.497 e. The predicted octanol–water partition coefficient (Wildman–Crippen LogP) is 2.66. The summed E-state index contributed by atoms with van der Waals surface area (Å²) >= 11 is 0. The first kappa shape index (κ1) is 12.6. The number of aromatic amines is 1. The Labute approximate surface area is 107 Å². The molecule has 1 aromatic heterocycles. The molecule has 0 spiro atoms. The number of aromatic nitrogens is 2. The van der Waals surface area contributed by atoms with E-state index in [0.717, 1.165) is 24.4 Å². The lowest BCUT2D eigenvalue weighted by molar-refractivity contribution is 0.414. The van der Waals surface area contributed by atoms with E-state index in [1.807, 2.05) is 18.2 Å². The van der Waals surface area contributed by atoms with Crippen molar-refractivity contribution in [2.45, 2.75) is 25.9 Å². The number of hydrogen-bond donors (Lipinski definition) is 2. The minimum absolute atomic E-state index is 0.346. The van der Waals surface area contributed by atoms with Crippen molar-refractivity contribution in [2.75, 3.05) is 7.11 Å². The summed E-state index contributed by atoms with van der Waals surface area (Å²) < 4.78 is 5.17. The second-order valence-corrected chi connectivity index (χ2v) is 4.20. The van der Waals surface area contributed by atoms with Crippen LogP contribution in [0.15, 0.2) is 36.5 Å². The molecular weight excluding hydrogens is 226 g/mol. The number of ether oxygens (including phenoxy) is 1. The Balaban J connectivity index is 1.98. The number of nitrogens with one attached hydrogen (secondary N) is 2. The van der Waals surface area contributed by atoms with Gasteiger partial charge in [0.1, 0.15) is 5.75 Å². The van der Waals surface area contributed by atoms with Crippen molar-refractivity contribution >= 4 is 0 Å². The van der Waals surface area contributed by atoms with Gasteiger partial charge in [0, 0.05) is 24.5 Å². The van der Waals surface area contributed by atoms with Gasteiger partial charge in [0.2, 0.25) is 0 Å². The van der Waals surface area contributed by atoms with Crippen LogP contribution in [0.25, 0.3) is 0 Å². The Kier molecular flexibility index (Phi) is 4.36. The highest BCUT2D eigenvalue weighted by atomic mass is 16.5. The van der Waals surface area contributed by atoms with Gasteiger partial charge >= 0.3 is 0 Å². The van der Waals surface area contributed by atoms with Crippen molar-refractivity contribution in [3.05, 3.63) is 47.8 Å². The molecule has 0 radical (unpaired) electrons. The molecule has 0 aliphatic heterocycles. The van der Waals surface area contributed by atoms with Crippen molar-refractivity contribution in [1.82, 2.24) is 15.5 Å². The summed E-state index contributed by atoms with van der Waals surface area (Å²) in [5.41, 5.74) is 2.37. The number of H-pyrrole nitrogens is 1. The lowest BCUT2D eigenvalue weighted by atomic mass is 10.0. The molecule has 96 valence electrons. The van der Waals surface area contributed by atoms with E-state index in [4.69, 9.17) is 4.74 Å². The average Bonchev–Trinajstić information content (AvgIpc) is 2.93. The van der Waals surface area contributed by atoms with Gasteiger partial charge in [-0.25, -0.2) is 0 Å². The molecular formula is C14H19N3O. The number of benzene rings is 1. The van der Waals surface area contributed by atoms with Crippen molar-refractivity contribution in [3.8, 4) is 5.75 Å². The lowest BCUT2D eigenvalue weighted by Gasteiger charge is -2.17. The number of nitrogens with zero attached hydrogens (tertiary/aromatic N) is 1. The SMILES string of the molecule is CCC(NCc1ccn[nH]1)c1ccc(OC)cc1. The first-order valence-electron chi connectivity index (χ1n) is 6.19. The zero-order valence-electron chi connectivity index (χ0n) is 10.8. The van der Waals surface area contributed by atoms with E-state index in [9.17, 15) is 0 Å². The normalized spacial score (nSPS) is 12.3. The molecule has 4 heteroatoms. The predicted molar refractivity (Wildman–Crippen MR) is 71.5 cm³/mol. The van der Waals surface area contributed by atoms with Gasteiger partial charge in [0.25, 0.3) is 0 Å². The third-order valence-electron chi connectivity index (χ3n) is 3.02. The molecule has 0 amide bonds. The average molecular weight is 245 g/mol. The molecule has 1 unspecified atom stereocenters. The second kappa shape index (κ2) is 6.21. The molecule has 0 bridgehead atoms. The molecule has 18 heavy (non-hydrogen) atoms. The van der Waals surface area contributed by atoms with Gasteiger partial charge in [-0.05, 0) is 30.2 Å². The van der Waals surface area contributed by atoms with E-state index >= 15 is 0 Å². The van der Waals surface area contributed by atoms with Crippen LogP contribution in [0.5, 0.6) is 5.75 Å². The topological polar surface area (TPSA) is 49.9 Å². The monoisotopic (exact) mass is 245 g/mol. The maximum absolute atomic E-state index is 5.17. The van der Waals surface area contributed by atoms with Crippen LogP contribution in [-0.4, -0.2) is 17.3 Å². The second-order valence-electron chi connectivity index (χ2n) is 4.20. The summed E-state index contributed by atoms with van der Waals surface area (Å²) in [4.78, 5) is 0. The molecule has 2 aromatic rings. The van der Waals surface area contributed by atoms with Gasteiger partial charge in [-0.2, -0.15) is 5.10 Å². The zero-order chi connectivity index (χ0) is 12.8. The Hall–Kier alpha value is -1.81. The molecule has 0 saturated carbocycles. The van der Waals surface area contributed by atoms with Gasteiger partial charge in [0.05, 0.1) is 7.11 Å². The molecule has 2 N–H and O–H groups in total. The highest BCUT2D eigenvalue weighted by Crippen LogP contribution is 2.20. The van der Waals surface area contributed by atoms with E-state index in [0.29, 0.717) is 6.04 Å². The molecule has 0 fully saturated rings. The Morgan fingerprint density at radius 3 is 2.61 bits per heavy atom. The van der Waals surface area contributed by atoms with Crippen LogP contribution in [0.2, 0.25) is 0 Å². The van der Waals surface area contributed by atoms with Gasteiger partial charge in [-0.1, -0.05) is 19.1 Å². The van der Waals surface area contributed by atoms with Crippen LogP contribution >= 0.6 is 0 Å². The molecule has 0 saturated heterocycles. The molecule has 1 heterocycles. The van der Waals surface area contributed by atoms with Crippen LogP contribution < -0.4 is 10.1 Å². The largest absolute Gasteiger partial charge is 0.497 e. The molecule has 1 atom stereocenters. The zero-order valence-corrected chi connectivity index (χ0v) is 10.8. The van der Waals surface area contributed by atoms with E-state index in [1.54, 1.807) is 13.3 Å². The number of rotatable bonds is 6. The van der Waals surface area contributed by atoms with Gasteiger partial charge in [-0.15, -0.1) is 0 Å². The Bertz CT molecular complexity index is 450. The van der Waals surface area contributed by atoms with E-state index < -0.39 is 0 Å². The highest BCUT2D eigenvalue weighted by molar-refractivity contribution is 5.29. The first-order valence-corrected chi connectivity index (χ1v) is 6.19. The molecule has 2 rings (SSSR count). The Morgan fingerprint density at radius 1 is 1.28 bits per heavy atom. The highest BCUT2D eigenvalue weighted by Gasteiger charge is 2.08. The maximum atomic E-state index is 5.17. The smallest absolute Gasteiger partial charge is 0.118 e. The van der Waals surface area contributed by atoms with Crippen LogP contribution in [0.3, 0.4) is 0 Å². The van der Waals surface area contributed by atoms with E-state index in [-0.39, 0.29) is 0 Å². The lowest BCUT2D eigenvalue weighted by Crippen LogP contribution is -2.20. The third-order valence-corrected chi connectivity index (χ3v) is 3.02. The fourth-order valence-corrected chi connectivity index (χ4v) is 1.95. The van der Waals surface area contributed by atoms with Crippen LogP contribution in [0, 0.1) is 0 Å². The molecule has 4 nitrogen and oxygen atoms in total. The van der Waals surface area contributed by atoms with Crippen molar-refractivity contribution < 1.29 is 4.74 Å². The van der Waals surface area contributed by atoms with Crippen molar-refractivity contribution in [2.24, 2.45) is 0 Å². The van der Waals surface area contributed by atoms with Crippen LogP contribution in [-0.2, 0) is 6.54 Å². The van der Waals surface area contributed by atoms with Crippen molar-refractivity contribution in [3.63, 3.8) is 0 Å². The summed E-state index contributed by atoms with van der Waals surface area (Å²) in [6, 6.07) is 10.5. The molecule has 0 aliphatic rings. The van der Waals surface area contributed by atoms with Gasteiger partial charge in [-0.3, -0.25) is 5.10 Å².